The molecule has 0 saturated heterocycles. The number of hydrogen-bond acceptors (Lipinski definition) is 3. The number of hydrogen-bond donors (Lipinski definition) is 1. The fourth-order valence-corrected chi connectivity index (χ4v) is 0.180. The van der Waals surface area contributed by atoms with Crippen molar-refractivity contribution in [2.75, 3.05) is 13.2 Å². The molecule has 50 valence electrons. The number of rotatable bonds is 4. The summed E-state index contributed by atoms with van der Waals surface area (Å²) in [5.41, 5.74) is 0. The van der Waals surface area contributed by atoms with E-state index in [9.17, 15) is 0 Å². The first-order valence-corrected chi connectivity index (χ1v) is 1.96. The maximum Gasteiger partial charge on any atom is 0.113 e. The van der Waals surface area contributed by atoms with Gasteiger partial charge in [0.1, 0.15) is 13.2 Å². The molecule has 3 nitrogen and oxygen atoms in total. The number of nitrogens with two attached hydrogens (primary N) is 1. The Morgan fingerprint density at radius 1 is 1.50 bits per heavy atom. The van der Waals surface area contributed by atoms with E-state index in [4.69, 9.17) is 0 Å². The predicted molar refractivity (Wildman–Crippen MR) is 33.5 cm³/mol. The summed E-state index contributed by atoms with van der Waals surface area (Å²) >= 11 is 0. The van der Waals surface area contributed by atoms with Crippen LogP contribution in [0.15, 0.2) is 12.8 Å². The lowest BCUT2D eigenvalue weighted by atomic mass is 10.8. The standard InChI is InChI=1S/C4H9NO2.ClH/c1-2-6-3-4-7-5;/h2H,1,3-5H2;1H. The second-order valence-electron chi connectivity index (χ2n) is 0.908. The lowest BCUT2D eigenvalue weighted by molar-refractivity contribution is 0.0863. The van der Waals surface area contributed by atoms with E-state index in [0.717, 1.165) is 0 Å². The lowest BCUT2D eigenvalue weighted by Gasteiger charge is -1.94. The average Bonchev–Trinajstić information content (AvgIpc) is 1.69. The minimum absolute atomic E-state index is 0. The van der Waals surface area contributed by atoms with Crippen molar-refractivity contribution in [3.8, 4) is 0 Å². The van der Waals surface area contributed by atoms with E-state index in [1.165, 1.54) is 6.26 Å². The van der Waals surface area contributed by atoms with E-state index in [2.05, 4.69) is 22.1 Å². The SMILES string of the molecule is C=COCCON.Cl. The Morgan fingerprint density at radius 3 is 2.50 bits per heavy atom. The summed E-state index contributed by atoms with van der Waals surface area (Å²) in [6.07, 6.45) is 1.35. The van der Waals surface area contributed by atoms with Crippen molar-refractivity contribution in [1.82, 2.24) is 0 Å². The third-order valence-corrected chi connectivity index (χ3v) is 0.437. The molecule has 0 aromatic rings. The molecular weight excluding hydrogens is 130 g/mol. The van der Waals surface area contributed by atoms with Gasteiger partial charge in [-0.15, -0.1) is 12.4 Å². The molecule has 8 heavy (non-hydrogen) atoms. The van der Waals surface area contributed by atoms with Gasteiger partial charge in [0.2, 0.25) is 0 Å². The van der Waals surface area contributed by atoms with Crippen molar-refractivity contribution in [1.29, 1.82) is 0 Å². The molecule has 0 amide bonds. The fourth-order valence-electron chi connectivity index (χ4n) is 0.180. The molecule has 0 bridgehead atoms. The van der Waals surface area contributed by atoms with Crippen molar-refractivity contribution in [3.05, 3.63) is 12.8 Å². The zero-order chi connectivity index (χ0) is 5.54. The Hall–Kier alpha value is -0.250. The molecule has 0 spiro atoms. The Kier molecular flexibility index (Phi) is 13.2. The molecule has 0 radical (unpaired) electrons. The second-order valence-corrected chi connectivity index (χ2v) is 0.908. The van der Waals surface area contributed by atoms with Gasteiger partial charge in [0.05, 0.1) is 6.26 Å². The highest BCUT2D eigenvalue weighted by atomic mass is 35.5. The Labute approximate surface area is 54.8 Å². The molecule has 0 rings (SSSR count). The highest BCUT2D eigenvalue weighted by Gasteiger charge is 1.76. The molecule has 0 saturated carbocycles. The van der Waals surface area contributed by atoms with Gasteiger partial charge in [0, 0.05) is 0 Å². The maximum absolute atomic E-state index is 4.65. The lowest BCUT2D eigenvalue weighted by Crippen LogP contribution is -2.05. The van der Waals surface area contributed by atoms with Crippen molar-refractivity contribution in [3.63, 3.8) is 0 Å². The van der Waals surface area contributed by atoms with Gasteiger partial charge in [-0.25, -0.2) is 5.90 Å². The Morgan fingerprint density at radius 2 is 2.12 bits per heavy atom. The van der Waals surface area contributed by atoms with Crippen LogP contribution in [0.5, 0.6) is 0 Å². The van der Waals surface area contributed by atoms with Crippen molar-refractivity contribution >= 4 is 12.4 Å². The highest BCUT2D eigenvalue weighted by molar-refractivity contribution is 5.85. The van der Waals surface area contributed by atoms with Crippen LogP contribution in [0.3, 0.4) is 0 Å². The smallest absolute Gasteiger partial charge is 0.113 e. The first-order chi connectivity index (χ1) is 3.41. The second kappa shape index (κ2) is 9.89. The van der Waals surface area contributed by atoms with E-state index >= 15 is 0 Å². The molecular formula is C4H10ClNO2. The van der Waals surface area contributed by atoms with Gasteiger partial charge in [-0.3, -0.25) is 0 Å². The van der Waals surface area contributed by atoms with Crippen LogP contribution in [-0.2, 0) is 9.57 Å². The number of halogens is 1. The molecule has 0 unspecified atom stereocenters. The van der Waals surface area contributed by atoms with Crippen LogP contribution < -0.4 is 5.90 Å². The molecule has 0 aromatic carbocycles. The topological polar surface area (TPSA) is 44.5 Å². The summed E-state index contributed by atoms with van der Waals surface area (Å²) in [5, 5.41) is 0. The Bertz CT molecular complexity index is 51.3. The Balaban J connectivity index is 0. The van der Waals surface area contributed by atoms with E-state index < -0.39 is 0 Å². The quantitative estimate of drug-likeness (QED) is 0.350. The summed E-state index contributed by atoms with van der Waals surface area (Å²) in [5.74, 6) is 4.65. The van der Waals surface area contributed by atoms with Gasteiger partial charge in [-0.05, 0) is 0 Å². The average molecular weight is 140 g/mol. The van der Waals surface area contributed by atoms with Crippen LogP contribution in [0.2, 0.25) is 0 Å². The molecule has 0 fully saturated rings. The van der Waals surface area contributed by atoms with Gasteiger partial charge >= 0.3 is 0 Å². The van der Waals surface area contributed by atoms with Crippen molar-refractivity contribution in [2.24, 2.45) is 5.90 Å². The first kappa shape index (κ1) is 10.7. The van der Waals surface area contributed by atoms with Crippen LogP contribution in [0.1, 0.15) is 0 Å². The fraction of sp³-hybridized carbons (Fsp3) is 0.500. The molecule has 0 aromatic heterocycles. The van der Waals surface area contributed by atoms with Gasteiger partial charge in [-0.2, -0.15) is 0 Å². The van der Waals surface area contributed by atoms with Crippen LogP contribution in [0, 0.1) is 0 Å². The molecule has 0 heterocycles. The van der Waals surface area contributed by atoms with E-state index in [1.807, 2.05) is 0 Å². The van der Waals surface area contributed by atoms with Gasteiger partial charge < -0.3 is 9.57 Å². The predicted octanol–water partition coefficient (Wildman–Crippen LogP) is 0.459. The van der Waals surface area contributed by atoms with Crippen LogP contribution in [0.25, 0.3) is 0 Å². The molecule has 4 heteroatoms. The molecule has 0 aliphatic heterocycles. The minimum atomic E-state index is 0. The number of ether oxygens (including phenoxy) is 1. The molecule has 0 aliphatic rings. The van der Waals surface area contributed by atoms with E-state index in [-0.39, 0.29) is 12.4 Å². The molecule has 0 aliphatic carbocycles. The minimum Gasteiger partial charge on any atom is -0.499 e. The highest BCUT2D eigenvalue weighted by Crippen LogP contribution is 1.70. The summed E-state index contributed by atoms with van der Waals surface area (Å²) in [6, 6.07) is 0. The summed E-state index contributed by atoms with van der Waals surface area (Å²) in [4.78, 5) is 4.17. The van der Waals surface area contributed by atoms with Crippen molar-refractivity contribution in [2.45, 2.75) is 0 Å². The zero-order valence-electron chi connectivity index (χ0n) is 4.50. The summed E-state index contributed by atoms with van der Waals surface area (Å²) in [7, 11) is 0. The molecule has 2 N–H and O–H groups in total. The van der Waals surface area contributed by atoms with Crippen LogP contribution >= 0.6 is 12.4 Å². The zero-order valence-corrected chi connectivity index (χ0v) is 5.32. The third-order valence-electron chi connectivity index (χ3n) is 0.437. The van der Waals surface area contributed by atoms with Crippen molar-refractivity contribution < 1.29 is 9.57 Å². The summed E-state index contributed by atoms with van der Waals surface area (Å²) < 4.78 is 4.63. The first-order valence-electron chi connectivity index (χ1n) is 1.96. The maximum atomic E-state index is 4.65. The summed E-state index contributed by atoms with van der Waals surface area (Å²) in [6.45, 7) is 4.19. The monoisotopic (exact) mass is 139 g/mol. The van der Waals surface area contributed by atoms with Gasteiger partial charge in [0.25, 0.3) is 0 Å². The largest absolute Gasteiger partial charge is 0.499 e. The van der Waals surface area contributed by atoms with Crippen LogP contribution in [0.4, 0.5) is 0 Å². The van der Waals surface area contributed by atoms with Gasteiger partial charge in [0.15, 0.2) is 0 Å². The van der Waals surface area contributed by atoms with E-state index in [0.29, 0.717) is 13.2 Å². The van der Waals surface area contributed by atoms with E-state index in [1.54, 1.807) is 0 Å². The van der Waals surface area contributed by atoms with Gasteiger partial charge in [-0.1, -0.05) is 6.58 Å². The molecule has 0 atom stereocenters. The normalized spacial score (nSPS) is 7.12. The van der Waals surface area contributed by atoms with Crippen LogP contribution in [-0.4, -0.2) is 13.2 Å². The third kappa shape index (κ3) is 9.23.